The van der Waals surface area contributed by atoms with Crippen molar-refractivity contribution in [2.45, 2.75) is 164 Å². The molecule has 0 aliphatic heterocycles. The van der Waals surface area contributed by atoms with Crippen LogP contribution in [0.1, 0.15) is 140 Å². The Bertz CT molecular complexity index is 2540. The maximum Gasteiger partial charge on any atom is 1.00 e. The molecular formula is C69H97BrK2N2O12. The molecule has 6 aromatic carbocycles. The van der Waals surface area contributed by atoms with Crippen LogP contribution < -0.4 is 133 Å². The maximum absolute atomic E-state index is 12.1. The molecule has 0 aromatic heterocycles. The number of hydrogen-bond donors (Lipinski definition) is 3. The van der Waals surface area contributed by atoms with E-state index in [4.69, 9.17) is 45.9 Å². The molecule has 464 valence electrons. The molecule has 17 heteroatoms. The van der Waals surface area contributed by atoms with Gasteiger partial charge in [0.25, 0.3) is 6.47 Å². The van der Waals surface area contributed by atoms with Crippen LogP contribution in [0.25, 0.3) is 0 Å². The van der Waals surface area contributed by atoms with Crippen LogP contribution in [0, 0.1) is 11.8 Å². The SMILES string of the molecule is BrCc1ccccc1.CC(C)(C)Oc1ccc(C[C@H](N)C(=O)OCc2ccccc2)cc1.CCNCC.C[C@@H](Cc1ccc(OC(C)(C)C)cc1)C(=O)O.C[C@@H](Cc1ccc(OC(C)(C)C)cc1)C(=O)OCc1ccccc1.O=CO[O-].[2H]CC.[H-].[K+].[K+]. The molecule has 3 atom stereocenters. The van der Waals surface area contributed by atoms with Gasteiger partial charge in [0.15, 0.2) is 0 Å². The van der Waals surface area contributed by atoms with Gasteiger partial charge < -0.3 is 51.4 Å². The van der Waals surface area contributed by atoms with Gasteiger partial charge in [-0.2, -0.15) is 0 Å². The number of halogens is 1. The predicted octanol–water partition coefficient (Wildman–Crippen LogP) is 8.17. The number of rotatable bonds is 20. The van der Waals surface area contributed by atoms with E-state index in [1.165, 1.54) is 5.56 Å². The second kappa shape index (κ2) is 50.0. The van der Waals surface area contributed by atoms with Crippen LogP contribution in [-0.4, -0.2) is 65.4 Å². The molecule has 0 fully saturated rings. The minimum Gasteiger partial charge on any atom is -1.00 e. The number of alkyl halides is 1. The molecule has 0 aliphatic rings. The average Bonchev–Trinajstić information content (AvgIpc) is 3.68. The number of carbonyl (C=O) groups is 4. The maximum atomic E-state index is 12.1. The number of benzene rings is 6. The summed E-state index contributed by atoms with van der Waals surface area (Å²) in [6, 6.07) is 52.0. The minimum atomic E-state index is -0.764. The molecule has 0 heterocycles. The van der Waals surface area contributed by atoms with Crippen LogP contribution in [-0.2, 0) is 71.3 Å². The van der Waals surface area contributed by atoms with E-state index < -0.39 is 18.0 Å². The van der Waals surface area contributed by atoms with Crippen LogP contribution >= 0.6 is 15.9 Å². The van der Waals surface area contributed by atoms with Crippen LogP contribution in [0.2, 0.25) is 0 Å². The fourth-order valence-corrected chi connectivity index (χ4v) is 7.25. The molecule has 6 rings (SSSR count). The van der Waals surface area contributed by atoms with E-state index >= 15 is 0 Å². The fourth-order valence-electron chi connectivity index (χ4n) is 6.88. The largest absolute Gasteiger partial charge is 1.00 e. The molecule has 0 saturated carbocycles. The zero-order valence-electron chi connectivity index (χ0n) is 56.2. The molecule has 0 spiro atoms. The zero-order valence-corrected chi connectivity index (χ0v) is 62.0. The third-order valence-corrected chi connectivity index (χ3v) is 11.3. The van der Waals surface area contributed by atoms with Crippen molar-refractivity contribution in [3.63, 3.8) is 0 Å². The summed E-state index contributed by atoms with van der Waals surface area (Å²) >= 11 is 3.36. The molecule has 86 heavy (non-hydrogen) atoms. The van der Waals surface area contributed by atoms with Gasteiger partial charge in [0.05, 0.1) is 11.8 Å². The van der Waals surface area contributed by atoms with Crippen LogP contribution in [0.15, 0.2) is 164 Å². The summed E-state index contributed by atoms with van der Waals surface area (Å²) in [6.45, 7) is 30.7. The van der Waals surface area contributed by atoms with E-state index in [-0.39, 0.29) is 152 Å². The second-order valence-corrected chi connectivity index (χ2v) is 22.5. The van der Waals surface area contributed by atoms with Crippen molar-refractivity contribution in [1.29, 1.82) is 0 Å². The monoisotopic (exact) mass is 1300 g/mol. The normalized spacial score (nSPS) is 11.4. The first-order valence-electron chi connectivity index (χ1n) is 28.9. The number of carboxylic acids is 1. The molecule has 0 amide bonds. The van der Waals surface area contributed by atoms with Gasteiger partial charge in [-0.05, 0) is 164 Å². The number of aliphatic carboxylic acids is 1. The predicted molar refractivity (Wildman–Crippen MR) is 341 cm³/mol. The van der Waals surface area contributed by atoms with Crippen LogP contribution in [0.5, 0.6) is 17.2 Å². The third-order valence-electron chi connectivity index (χ3n) is 10.7. The summed E-state index contributed by atoms with van der Waals surface area (Å²) in [5, 5.41) is 21.3. The Labute approximate surface area is 611 Å². The number of esters is 2. The first-order chi connectivity index (χ1) is 40.1. The number of ether oxygens (including phenoxy) is 5. The first kappa shape index (κ1) is 84.3. The van der Waals surface area contributed by atoms with E-state index in [9.17, 15) is 14.4 Å². The van der Waals surface area contributed by atoms with Crippen molar-refractivity contribution in [2.75, 3.05) is 13.1 Å². The Morgan fingerprint density at radius 2 is 0.849 bits per heavy atom. The van der Waals surface area contributed by atoms with Gasteiger partial charge in [0.2, 0.25) is 0 Å². The number of nitrogens with two attached hydrogens (primary N) is 1. The molecule has 0 aliphatic carbocycles. The van der Waals surface area contributed by atoms with Crippen molar-refractivity contribution >= 4 is 40.3 Å². The molecule has 0 radical (unpaired) electrons. The third kappa shape index (κ3) is 46.4. The smallest absolute Gasteiger partial charge is 1.00 e. The van der Waals surface area contributed by atoms with E-state index in [1.54, 1.807) is 13.8 Å². The van der Waals surface area contributed by atoms with Gasteiger partial charge in [-0.1, -0.05) is 185 Å². The van der Waals surface area contributed by atoms with Crippen LogP contribution in [0.4, 0.5) is 0 Å². The van der Waals surface area contributed by atoms with E-state index in [1.807, 2.05) is 221 Å². The van der Waals surface area contributed by atoms with Crippen molar-refractivity contribution in [1.82, 2.24) is 5.32 Å². The topological polar surface area (TPSA) is 205 Å². The van der Waals surface area contributed by atoms with Crippen LogP contribution in [0.3, 0.4) is 0 Å². The van der Waals surface area contributed by atoms with Crippen molar-refractivity contribution < 1.29 is 164 Å². The molecule has 6 aromatic rings. The number of nitrogens with one attached hydrogen (secondary N) is 1. The molecule has 0 bridgehead atoms. The van der Waals surface area contributed by atoms with Crippen molar-refractivity contribution in [3.05, 3.63) is 197 Å². The van der Waals surface area contributed by atoms with E-state index in [2.05, 4.69) is 52.1 Å². The van der Waals surface area contributed by atoms with Gasteiger partial charge in [0, 0.05) is 6.70 Å². The van der Waals surface area contributed by atoms with E-state index in [0.717, 1.165) is 63.5 Å². The number of hydrogen-bond acceptors (Lipinski definition) is 13. The Balaban J connectivity index is -0.000000516. The summed E-state index contributed by atoms with van der Waals surface area (Å²) in [4.78, 5) is 46.1. The summed E-state index contributed by atoms with van der Waals surface area (Å²) in [7, 11) is 0. The summed E-state index contributed by atoms with van der Waals surface area (Å²) in [5.41, 5.74) is 11.6. The first-order valence-corrected chi connectivity index (χ1v) is 29.3. The van der Waals surface area contributed by atoms with Gasteiger partial charge in [-0.15, -0.1) is 0 Å². The average molecular weight is 1310 g/mol. The van der Waals surface area contributed by atoms with Gasteiger partial charge in [0.1, 0.15) is 53.3 Å². The van der Waals surface area contributed by atoms with Gasteiger partial charge in [-0.3, -0.25) is 19.2 Å². The minimum absolute atomic E-state index is 0. The van der Waals surface area contributed by atoms with Crippen molar-refractivity contribution in [2.24, 2.45) is 17.6 Å². The standard InChI is InChI=1S/C21H26O3.C20H25NO3.C14H20O3.C7H7Br.C4H11N.C2H6.CH2O3.2K.H/c1-16(20(22)23-15-18-8-6-5-7-9-18)14-17-10-12-19(13-11-17)24-21(2,3)4;1-20(2,3)24-17-11-9-15(10-12-17)13-18(21)19(22)23-14-16-7-5-4-6-8-16;1-10(13(15)16)9-11-5-7-12(8-6-11)17-14(2,3)4;8-6-7-4-2-1-3-5-7;1-3-5-4-2;1-2;2-1-4-3;;;/h5-13,16H,14-15H2,1-4H3;4-12,18H,13-14,21H2,1-3H3;5-8,10H,9H2,1-4H3,(H,15,16);1-5H,6H2;5H,3-4H2,1-2H3;1-2H3;1,3H;;;/q;;;;;;;2*+1;-1/p-1/t16-;18-;10-;;;;;;;/m000......./s1/i;;;;;1D;;;;. The fraction of sp³-hybridized carbons (Fsp3) is 0.420. The zero-order chi connectivity index (χ0) is 64.3. The second-order valence-electron chi connectivity index (χ2n) is 21.9. The number of carbonyl (C=O) groups excluding carboxylic acids is 3. The Morgan fingerprint density at radius 3 is 1.10 bits per heavy atom. The summed E-state index contributed by atoms with van der Waals surface area (Å²) in [5.74, 6) is 0.580. The van der Waals surface area contributed by atoms with E-state index in [0.29, 0.717) is 32.8 Å². The Hall–Kier alpha value is -3.77. The quantitative estimate of drug-likeness (QED) is 0.0165. The van der Waals surface area contributed by atoms with Gasteiger partial charge in [-0.25, -0.2) is 0 Å². The van der Waals surface area contributed by atoms with Gasteiger partial charge >= 0.3 is 121 Å². The molecule has 4 N–H and O–H groups in total. The molecule has 0 unspecified atom stereocenters. The Morgan fingerprint density at radius 1 is 0.558 bits per heavy atom. The number of carboxylic acid groups (broad SMARTS) is 1. The molecule has 0 saturated heterocycles. The molecule has 14 nitrogen and oxygen atoms in total. The summed E-state index contributed by atoms with van der Waals surface area (Å²) in [6.07, 6.45) is 1.64. The summed E-state index contributed by atoms with van der Waals surface area (Å²) < 4.78 is 34.1. The Kier molecular flexibility index (Phi) is 49.0. The van der Waals surface area contributed by atoms with Crippen molar-refractivity contribution in [3.8, 4) is 17.2 Å². The molecular weight excluding hydrogens is 1210 g/mol.